The van der Waals surface area contributed by atoms with Crippen molar-refractivity contribution in [3.05, 3.63) is 40.4 Å². The number of rotatable bonds is 2. The Balaban J connectivity index is 3.08. The van der Waals surface area contributed by atoms with Gasteiger partial charge in [0.2, 0.25) is 0 Å². The molecular formula is C9H8ClF2N. The summed E-state index contributed by atoms with van der Waals surface area (Å²) in [5, 5.41) is -0.220. The van der Waals surface area contributed by atoms with Crippen molar-refractivity contribution in [3.63, 3.8) is 0 Å². The van der Waals surface area contributed by atoms with E-state index in [1.807, 2.05) is 0 Å². The molecule has 13 heavy (non-hydrogen) atoms. The normalized spacial score (nSPS) is 11.1. The molecule has 0 radical (unpaired) electrons. The van der Waals surface area contributed by atoms with Crippen LogP contribution >= 0.6 is 11.6 Å². The molecule has 0 saturated carbocycles. The maximum Gasteiger partial charge on any atom is 0.142 e. The van der Waals surface area contributed by atoms with Crippen molar-refractivity contribution in [1.29, 1.82) is 0 Å². The Labute approximate surface area is 79.8 Å². The van der Waals surface area contributed by atoms with Crippen LogP contribution in [-0.2, 0) is 0 Å². The Morgan fingerprint density at radius 2 is 2.00 bits per heavy atom. The van der Waals surface area contributed by atoms with Crippen molar-refractivity contribution in [2.24, 2.45) is 5.73 Å². The molecular weight excluding hydrogens is 196 g/mol. The van der Waals surface area contributed by atoms with Crippen LogP contribution in [0.3, 0.4) is 0 Å². The first-order chi connectivity index (χ1) is 6.15. The summed E-state index contributed by atoms with van der Waals surface area (Å²) in [6.45, 7) is 0.281. The molecule has 0 saturated heterocycles. The Hall–Kier alpha value is -0.930. The molecule has 1 rings (SSSR count). The average molecular weight is 204 g/mol. The Morgan fingerprint density at radius 3 is 2.62 bits per heavy atom. The quantitative estimate of drug-likeness (QED) is 0.735. The van der Waals surface area contributed by atoms with Gasteiger partial charge in [-0.05, 0) is 12.1 Å². The van der Waals surface area contributed by atoms with Crippen LogP contribution in [0.2, 0.25) is 5.02 Å². The van der Waals surface area contributed by atoms with E-state index in [0.29, 0.717) is 0 Å². The molecule has 0 atom stereocenters. The zero-order valence-corrected chi connectivity index (χ0v) is 7.48. The van der Waals surface area contributed by atoms with Gasteiger partial charge in [-0.3, -0.25) is 0 Å². The topological polar surface area (TPSA) is 26.0 Å². The van der Waals surface area contributed by atoms with Gasteiger partial charge in [0.1, 0.15) is 11.6 Å². The van der Waals surface area contributed by atoms with Gasteiger partial charge in [0.15, 0.2) is 0 Å². The third-order valence-corrected chi connectivity index (χ3v) is 1.76. The Morgan fingerprint density at radius 1 is 1.31 bits per heavy atom. The van der Waals surface area contributed by atoms with E-state index in [1.165, 1.54) is 12.2 Å². The van der Waals surface area contributed by atoms with Crippen molar-refractivity contribution in [1.82, 2.24) is 0 Å². The number of halogens is 3. The summed E-state index contributed by atoms with van der Waals surface area (Å²) in [4.78, 5) is 0. The molecule has 4 heteroatoms. The lowest BCUT2D eigenvalue weighted by atomic mass is 10.2. The minimum atomic E-state index is -0.639. The average Bonchev–Trinajstić information content (AvgIpc) is 2.09. The fourth-order valence-corrected chi connectivity index (χ4v) is 1.01. The molecule has 0 unspecified atom stereocenters. The second-order valence-corrected chi connectivity index (χ2v) is 2.83. The van der Waals surface area contributed by atoms with Crippen molar-refractivity contribution < 1.29 is 8.78 Å². The van der Waals surface area contributed by atoms with Crippen molar-refractivity contribution in [2.45, 2.75) is 0 Å². The molecule has 0 aromatic heterocycles. The van der Waals surface area contributed by atoms with Gasteiger partial charge in [-0.25, -0.2) is 8.78 Å². The van der Waals surface area contributed by atoms with Crippen LogP contribution in [0.25, 0.3) is 6.08 Å². The molecule has 0 heterocycles. The van der Waals surface area contributed by atoms with Crippen LogP contribution < -0.4 is 5.73 Å². The van der Waals surface area contributed by atoms with Gasteiger partial charge in [0.25, 0.3) is 0 Å². The predicted octanol–water partition coefficient (Wildman–Crippen LogP) is 2.59. The van der Waals surface area contributed by atoms with Crippen molar-refractivity contribution in [2.75, 3.05) is 6.54 Å². The highest BCUT2D eigenvalue weighted by Crippen LogP contribution is 2.19. The highest BCUT2D eigenvalue weighted by molar-refractivity contribution is 6.30. The van der Waals surface area contributed by atoms with E-state index in [9.17, 15) is 8.78 Å². The Bertz CT molecular complexity index is 337. The molecule has 1 aromatic rings. The lowest BCUT2D eigenvalue weighted by Gasteiger charge is -1.98. The molecule has 0 spiro atoms. The number of hydrogen-bond donors (Lipinski definition) is 1. The first-order valence-corrected chi connectivity index (χ1v) is 4.04. The number of nitrogens with two attached hydrogens (primary N) is 1. The SMILES string of the molecule is NC/C=C/c1cc(F)c(Cl)cc1F. The minimum absolute atomic E-state index is 0.146. The van der Waals surface area contributed by atoms with Gasteiger partial charge >= 0.3 is 0 Å². The third kappa shape index (κ3) is 2.50. The lowest BCUT2D eigenvalue weighted by Crippen LogP contribution is -1.93. The maximum absolute atomic E-state index is 13.0. The largest absolute Gasteiger partial charge is 0.327 e. The monoisotopic (exact) mass is 203 g/mol. The van der Waals surface area contributed by atoms with Gasteiger partial charge in [0, 0.05) is 12.1 Å². The van der Waals surface area contributed by atoms with Crippen molar-refractivity contribution in [3.8, 4) is 0 Å². The molecule has 70 valence electrons. The minimum Gasteiger partial charge on any atom is -0.327 e. The van der Waals surface area contributed by atoms with E-state index >= 15 is 0 Å². The maximum atomic E-state index is 13.0. The second kappa shape index (κ2) is 4.35. The first-order valence-electron chi connectivity index (χ1n) is 3.66. The van der Waals surface area contributed by atoms with E-state index in [1.54, 1.807) is 0 Å². The molecule has 1 nitrogen and oxygen atoms in total. The van der Waals surface area contributed by atoms with Crippen LogP contribution in [-0.4, -0.2) is 6.54 Å². The van der Waals surface area contributed by atoms with Crippen LogP contribution in [0.1, 0.15) is 5.56 Å². The molecule has 0 aliphatic carbocycles. The van der Waals surface area contributed by atoms with Gasteiger partial charge in [0.05, 0.1) is 5.02 Å². The lowest BCUT2D eigenvalue weighted by molar-refractivity contribution is 0.598. The summed E-state index contributed by atoms with van der Waals surface area (Å²) in [6.07, 6.45) is 2.94. The van der Waals surface area contributed by atoms with E-state index in [0.717, 1.165) is 12.1 Å². The summed E-state index contributed by atoms with van der Waals surface area (Å²) in [5.74, 6) is -1.20. The molecule has 1 aromatic carbocycles. The van der Waals surface area contributed by atoms with Gasteiger partial charge in [-0.2, -0.15) is 0 Å². The van der Waals surface area contributed by atoms with Crippen LogP contribution in [0.15, 0.2) is 18.2 Å². The summed E-state index contributed by atoms with van der Waals surface area (Å²) >= 11 is 5.36. The number of hydrogen-bond acceptors (Lipinski definition) is 1. The molecule has 0 aliphatic heterocycles. The smallest absolute Gasteiger partial charge is 0.142 e. The van der Waals surface area contributed by atoms with E-state index < -0.39 is 11.6 Å². The zero-order chi connectivity index (χ0) is 9.84. The molecule has 0 aliphatic rings. The van der Waals surface area contributed by atoms with Crippen molar-refractivity contribution >= 4 is 17.7 Å². The van der Waals surface area contributed by atoms with Crippen LogP contribution in [0.5, 0.6) is 0 Å². The summed E-state index contributed by atoms with van der Waals surface area (Å²) in [5.41, 5.74) is 5.31. The van der Waals surface area contributed by atoms with E-state index in [2.05, 4.69) is 0 Å². The molecule has 2 N–H and O–H groups in total. The van der Waals surface area contributed by atoms with Crippen LogP contribution in [0, 0.1) is 11.6 Å². The second-order valence-electron chi connectivity index (χ2n) is 2.43. The van der Waals surface area contributed by atoms with Gasteiger partial charge in [-0.1, -0.05) is 23.8 Å². The molecule has 0 fully saturated rings. The zero-order valence-electron chi connectivity index (χ0n) is 6.73. The number of benzene rings is 1. The summed E-state index contributed by atoms with van der Waals surface area (Å²) < 4.78 is 25.8. The fourth-order valence-electron chi connectivity index (χ4n) is 0.861. The highest BCUT2D eigenvalue weighted by Gasteiger charge is 2.05. The van der Waals surface area contributed by atoms with Crippen LogP contribution in [0.4, 0.5) is 8.78 Å². The first kappa shape index (κ1) is 10.2. The molecule has 0 bridgehead atoms. The van der Waals surface area contributed by atoms with Gasteiger partial charge < -0.3 is 5.73 Å². The molecule has 0 amide bonds. The van der Waals surface area contributed by atoms with Gasteiger partial charge in [-0.15, -0.1) is 0 Å². The summed E-state index contributed by atoms with van der Waals surface area (Å²) in [6, 6.07) is 1.97. The predicted molar refractivity (Wildman–Crippen MR) is 49.5 cm³/mol. The van der Waals surface area contributed by atoms with E-state index in [-0.39, 0.29) is 17.1 Å². The fraction of sp³-hybridized carbons (Fsp3) is 0.111. The van der Waals surface area contributed by atoms with E-state index in [4.69, 9.17) is 17.3 Å². The summed E-state index contributed by atoms with van der Waals surface area (Å²) in [7, 11) is 0. The highest BCUT2D eigenvalue weighted by atomic mass is 35.5. The Kier molecular flexibility index (Phi) is 3.39. The standard InChI is InChI=1S/C9H8ClF2N/c10-7-5-8(11)6(2-1-3-13)4-9(7)12/h1-2,4-5H,3,13H2/b2-1+. The third-order valence-electron chi connectivity index (χ3n) is 1.47.